The molecule has 1 N–H and O–H groups in total. The molecular formula is C24H23N3O3S. The zero-order valence-corrected chi connectivity index (χ0v) is 18.2. The summed E-state index contributed by atoms with van der Waals surface area (Å²) in [6, 6.07) is 14.4. The zero-order chi connectivity index (χ0) is 22.0. The minimum atomic E-state index is -0.355. The molecule has 0 saturated heterocycles. The first-order chi connectivity index (χ1) is 14.9. The summed E-state index contributed by atoms with van der Waals surface area (Å²) < 4.78 is 0. The third-order valence-corrected chi connectivity index (χ3v) is 6.39. The highest BCUT2D eigenvalue weighted by molar-refractivity contribution is 7.09. The van der Waals surface area contributed by atoms with E-state index >= 15 is 0 Å². The summed E-state index contributed by atoms with van der Waals surface area (Å²) in [7, 11) is 0. The van der Waals surface area contributed by atoms with Gasteiger partial charge in [-0.05, 0) is 30.2 Å². The van der Waals surface area contributed by atoms with Gasteiger partial charge in [-0.3, -0.25) is 19.3 Å². The molecule has 1 aliphatic rings. The number of aromatic nitrogens is 1. The minimum absolute atomic E-state index is 0.279. The van der Waals surface area contributed by atoms with Gasteiger partial charge in [-0.25, -0.2) is 4.98 Å². The van der Waals surface area contributed by atoms with Crippen LogP contribution in [0.15, 0.2) is 53.9 Å². The molecule has 0 saturated carbocycles. The second-order valence-electron chi connectivity index (χ2n) is 7.77. The number of amides is 3. The highest BCUT2D eigenvalue weighted by Gasteiger charge is 2.35. The van der Waals surface area contributed by atoms with Gasteiger partial charge < -0.3 is 5.32 Å². The molecule has 158 valence electrons. The molecule has 4 rings (SSSR count). The molecule has 3 aromatic rings. The van der Waals surface area contributed by atoms with Crippen LogP contribution in [-0.4, -0.2) is 34.2 Å². The number of fused-ring (bicyclic) bond motifs is 1. The SMILES string of the molecule is CC(C)c1nc(CNC(=O)c2ccc3c(c2)C(=O)N(CCc2ccccc2)C3=O)cs1. The van der Waals surface area contributed by atoms with Crippen LogP contribution in [0.4, 0.5) is 0 Å². The Bertz CT molecular complexity index is 1140. The molecule has 2 heterocycles. The molecule has 2 aromatic carbocycles. The van der Waals surface area contributed by atoms with Crippen LogP contribution >= 0.6 is 11.3 Å². The van der Waals surface area contributed by atoms with E-state index in [1.165, 1.54) is 11.0 Å². The van der Waals surface area contributed by atoms with Gasteiger partial charge in [0.15, 0.2) is 0 Å². The van der Waals surface area contributed by atoms with E-state index in [2.05, 4.69) is 24.1 Å². The Morgan fingerprint density at radius 1 is 1.06 bits per heavy atom. The van der Waals surface area contributed by atoms with Crippen molar-refractivity contribution in [3.05, 3.63) is 86.9 Å². The maximum absolute atomic E-state index is 12.8. The quantitative estimate of drug-likeness (QED) is 0.571. The van der Waals surface area contributed by atoms with Crippen LogP contribution in [0.5, 0.6) is 0 Å². The molecule has 1 aliphatic heterocycles. The summed E-state index contributed by atoms with van der Waals surface area (Å²) in [6.07, 6.45) is 0.589. The summed E-state index contributed by atoms with van der Waals surface area (Å²) in [6.45, 7) is 4.77. The summed E-state index contributed by atoms with van der Waals surface area (Å²) in [5.41, 5.74) is 2.84. The van der Waals surface area contributed by atoms with Crippen molar-refractivity contribution in [3.63, 3.8) is 0 Å². The van der Waals surface area contributed by atoms with Gasteiger partial charge in [0.2, 0.25) is 0 Å². The van der Waals surface area contributed by atoms with E-state index < -0.39 is 0 Å². The number of thiazole rings is 1. The number of benzene rings is 2. The Morgan fingerprint density at radius 2 is 1.81 bits per heavy atom. The standard InChI is InChI=1S/C24H23N3O3S/c1-15(2)22-26-18(14-31-22)13-25-21(28)17-8-9-19-20(12-17)24(30)27(23(19)29)11-10-16-6-4-3-5-7-16/h3-9,12,14-15H,10-11,13H2,1-2H3,(H,25,28). The summed E-state index contributed by atoms with van der Waals surface area (Å²) in [5.74, 6) is -0.623. The van der Waals surface area contributed by atoms with Gasteiger partial charge in [0.1, 0.15) is 0 Å². The van der Waals surface area contributed by atoms with E-state index in [1.807, 2.05) is 35.7 Å². The second kappa shape index (κ2) is 8.81. The molecule has 0 aliphatic carbocycles. The Labute approximate surface area is 184 Å². The largest absolute Gasteiger partial charge is 0.346 e. The Kier molecular flexibility index (Phi) is 5.95. The summed E-state index contributed by atoms with van der Waals surface area (Å²) in [5, 5.41) is 5.80. The molecule has 3 amide bonds. The fourth-order valence-corrected chi connectivity index (χ4v) is 4.30. The summed E-state index contributed by atoms with van der Waals surface area (Å²) in [4.78, 5) is 43.8. The van der Waals surface area contributed by atoms with E-state index in [0.29, 0.717) is 36.6 Å². The molecule has 7 heteroatoms. The van der Waals surface area contributed by atoms with Crippen LogP contribution in [0.2, 0.25) is 0 Å². The van der Waals surface area contributed by atoms with E-state index in [0.717, 1.165) is 16.3 Å². The molecular weight excluding hydrogens is 410 g/mol. The molecule has 0 spiro atoms. The third kappa shape index (κ3) is 4.41. The predicted octanol–water partition coefficient (Wildman–Crippen LogP) is 4.04. The van der Waals surface area contributed by atoms with Crippen molar-refractivity contribution >= 4 is 29.1 Å². The topological polar surface area (TPSA) is 79.4 Å². The van der Waals surface area contributed by atoms with E-state index in [4.69, 9.17) is 0 Å². The number of nitrogens with zero attached hydrogens (tertiary/aromatic N) is 2. The molecule has 6 nitrogen and oxygen atoms in total. The Balaban J connectivity index is 1.42. The number of imide groups is 1. The number of carbonyl (C=O) groups excluding carboxylic acids is 3. The van der Waals surface area contributed by atoms with Crippen LogP contribution in [0.1, 0.15) is 67.1 Å². The molecule has 31 heavy (non-hydrogen) atoms. The normalized spacial score (nSPS) is 13.1. The van der Waals surface area contributed by atoms with Crippen LogP contribution in [0.25, 0.3) is 0 Å². The molecule has 0 fully saturated rings. The van der Waals surface area contributed by atoms with Crippen molar-refractivity contribution in [2.45, 2.75) is 32.7 Å². The van der Waals surface area contributed by atoms with Crippen LogP contribution < -0.4 is 5.32 Å². The van der Waals surface area contributed by atoms with Crippen molar-refractivity contribution in [2.75, 3.05) is 6.54 Å². The van der Waals surface area contributed by atoms with Crippen LogP contribution in [-0.2, 0) is 13.0 Å². The first kappa shape index (κ1) is 20.9. The fraction of sp³-hybridized carbons (Fsp3) is 0.250. The van der Waals surface area contributed by atoms with Crippen molar-refractivity contribution in [1.82, 2.24) is 15.2 Å². The summed E-state index contributed by atoms with van der Waals surface area (Å²) >= 11 is 1.58. The average molecular weight is 434 g/mol. The third-order valence-electron chi connectivity index (χ3n) is 5.19. The number of hydrogen-bond donors (Lipinski definition) is 1. The first-order valence-electron chi connectivity index (χ1n) is 10.2. The molecule has 0 bridgehead atoms. The van der Waals surface area contributed by atoms with Gasteiger partial charge in [-0.2, -0.15) is 0 Å². The average Bonchev–Trinajstić information content (AvgIpc) is 3.35. The van der Waals surface area contributed by atoms with Crippen LogP contribution in [0, 0.1) is 0 Å². The molecule has 0 unspecified atom stereocenters. The predicted molar refractivity (Wildman–Crippen MR) is 119 cm³/mol. The van der Waals surface area contributed by atoms with Crippen LogP contribution in [0.3, 0.4) is 0 Å². The lowest BCUT2D eigenvalue weighted by molar-refractivity contribution is 0.0656. The highest BCUT2D eigenvalue weighted by atomic mass is 32.1. The van der Waals surface area contributed by atoms with Crippen molar-refractivity contribution < 1.29 is 14.4 Å². The molecule has 0 atom stereocenters. The lowest BCUT2D eigenvalue weighted by atomic mass is 10.1. The van der Waals surface area contributed by atoms with E-state index in [-0.39, 0.29) is 23.3 Å². The van der Waals surface area contributed by atoms with E-state index in [1.54, 1.807) is 23.5 Å². The lowest BCUT2D eigenvalue weighted by Gasteiger charge is -2.13. The zero-order valence-electron chi connectivity index (χ0n) is 17.4. The van der Waals surface area contributed by atoms with Gasteiger partial charge in [0.05, 0.1) is 28.4 Å². The highest BCUT2D eigenvalue weighted by Crippen LogP contribution is 2.25. The Morgan fingerprint density at radius 3 is 2.52 bits per heavy atom. The maximum Gasteiger partial charge on any atom is 0.261 e. The fourth-order valence-electron chi connectivity index (χ4n) is 3.46. The number of hydrogen-bond acceptors (Lipinski definition) is 5. The van der Waals surface area contributed by atoms with Crippen molar-refractivity contribution in [3.8, 4) is 0 Å². The van der Waals surface area contributed by atoms with Crippen molar-refractivity contribution in [1.29, 1.82) is 0 Å². The smallest absolute Gasteiger partial charge is 0.261 e. The number of carbonyl (C=O) groups is 3. The van der Waals surface area contributed by atoms with E-state index in [9.17, 15) is 14.4 Å². The van der Waals surface area contributed by atoms with Gasteiger partial charge in [0, 0.05) is 23.4 Å². The van der Waals surface area contributed by atoms with Gasteiger partial charge >= 0.3 is 0 Å². The molecule has 1 aromatic heterocycles. The first-order valence-corrected chi connectivity index (χ1v) is 11.1. The second-order valence-corrected chi connectivity index (χ2v) is 8.66. The lowest BCUT2D eigenvalue weighted by Crippen LogP contribution is -2.31. The van der Waals surface area contributed by atoms with Gasteiger partial charge in [-0.1, -0.05) is 44.2 Å². The van der Waals surface area contributed by atoms with Gasteiger partial charge in [0.25, 0.3) is 17.7 Å². The van der Waals surface area contributed by atoms with Crippen molar-refractivity contribution in [2.24, 2.45) is 0 Å². The minimum Gasteiger partial charge on any atom is -0.346 e. The molecule has 0 radical (unpaired) electrons. The number of rotatable bonds is 7. The number of nitrogens with one attached hydrogen (secondary N) is 1. The Hall–Kier alpha value is -3.32. The van der Waals surface area contributed by atoms with Gasteiger partial charge in [-0.15, -0.1) is 11.3 Å². The monoisotopic (exact) mass is 433 g/mol. The maximum atomic E-state index is 12.8.